The Bertz CT molecular complexity index is 2030. The molecule has 17 nitrogen and oxygen atoms in total. The van der Waals surface area contributed by atoms with Gasteiger partial charge in [-0.25, -0.2) is 9.13 Å². The highest BCUT2D eigenvalue weighted by molar-refractivity contribution is 7.47. The predicted octanol–water partition coefficient (Wildman–Crippen LogP) is 21.5. The van der Waals surface area contributed by atoms with Crippen molar-refractivity contribution in [1.82, 2.24) is 0 Å². The number of rotatable bonds is 75. The minimum atomic E-state index is -4.94. The van der Waals surface area contributed by atoms with E-state index in [1.165, 1.54) is 89.9 Å². The van der Waals surface area contributed by atoms with Crippen LogP contribution in [-0.4, -0.2) is 104 Å². The first kappa shape index (κ1) is 92.9. The molecule has 0 aromatic rings. The number of aliphatic hydroxyl groups excluding tert-OH is 1. The van der Waals surface area contributed by atoms with E-state index in [9.17, 15) is 43.2 Å². The van der Waals surface area contributed by atoms with Crippen LogP contribution in [0.3, 0.4) is 0 Å². The van der Waals surface area contributed by atoms with Gasteiger partial charge in [0.2, 0.25) is 0 Å². The van der Waals surface area contributed by atoms with E-state index in [0.29, 0.717) is 32.3 Å². The number of unbranched alkanes of at least 4 members (excludes halogenated alkanes) is 38. The molecule has 96 heavy (non-hydrogen) atoms. The zero-order chi connectivity index (χ0) is 70.2. The van der Waals surface area contributed by atoms with Gasteiger partial charge < -0.3 is 38.6 Å². The van der Waals surface area contributed by atoms with Gasteiger partial charge >= 0.3 is 33.6 Å². The van der Waals surface area contributed by atoms with Crippen molar-refractivity contribution in [2.75, 3.05) is 46.2 Å². The molecule has 0 aliphatic rings. The second kappa shape index (κ2) is 71.7. The van der Waals surface area contributed by atoms with Gasteiger partial charge in [-0.3, -0.25) is 32.5 Å². The van der Waals surface area contributed by atoms with Gasteiger partial charge in [-0.05, 0) is 122 Å². The molecular formula is C77H140O17P2. The number of carbonyl (C=O) groups is 4. The molecule has 19 heteroatoms. The Labute approximate surface area is 584 Å². The average Bonchev–Trinajstić information content (AvgIpc) is 3.66. The predicted molar refractivity (Wildman–Crippen MR) is 391 cm³/mol. The number of phosphoric ester groups is 2. The molecule has 0 heterocycles. The van der Waals surface area contributed by atoms with Crippen molar-refractivity contribution in [1.29, 1.82) is 0 Å². The number of allylic oxidation sites excluding steroid dienone is 10. The van der Waals surface area contributed by atoms with Crippen LogP contribution in [0, 0.1) is 0 Å². The lowest BCUT2D eigenvalue weighted by atomic mass is 10.0. The standard InChI is InChI=1S/C77H140O17P2/c1-4-7-10-13-16-19-22-25-27-32-36-41-46-51-56-61-75(80)88-69-74(94-77(82)63-58-53-48-42-37-31-24-21-18-15-12-9-6-3)71-92-96(85,86)90-67-72(79)66-89-95(83,84)91-70-73(68-87-65-60-55-50-45-40-35-30-29-34-39-44-49-54-59-64-78)93-76(81)62-57-52-47-43-38-33-28-26-23-20-17-14-11-8-5-2/h16-17,19-20,25-30,64,72-74,79H,4-15,18,21-24,31-63,65-71H2,1-3H3,(H,83,84)(H,85,86)/b19-16-,20-17-,27-25-,28-26-,30-29-/t72-,73+,74+/m0/s1. The zero-order valence-electron chi connectivity index (χ0n) is 60.8. The SMILES string of the molecule is CCCCC/C=C\C/C=C\CCCCCCCC(=O)OC[C@H](COP(=O)(O)OC[C@@H](O)COP(=O)(O)OC[C@@H](COCCCCCCC/C=C\CCCCCCC=O)OC(=O)CCCCCCC/C=C\C/C=C\CCCCC)OC(=O)CCCCCCCCCCCCCCC. The van der Waals surface area contributed by atoms with Crippen LogP contribution in [0.25, 0.3) is 0 Å². The Kier molecular flexibility index (Phi) is 69.4. The minimum Gasteiger partial charge on any atom is -0.462 e. The smallest absolute Gasteiger partial charge is 0.462 e. The number of phosphoric acid groups is 2. The summed E-state index contributed by atoms with van der Waals surface area (Å²) in [6, 6.07) is 0. The number of carbonyl (C=O) groups excluding carboxylic acids is 4. The van der Waals surface area contributed by atoms with Gasteiger partial charge in [-0.1, -0.05) is 255 Å². The van der Waals surface area contributed by atoms with Crippen LogP contribution < -0.4 is 0 Å². The Morgan fingerprint density at radius 3 is 0.990 bits per heavy atom. The van der Waals surface area contributed by atoms with Crippen molar-refractivity contribution in [2.24, 2.45) is 0 Å². The molecule has 0 fully saturated rings. The maximum Gasteiger partial charge on any atom is 0.472 e. The Morgan fingerprint density at radius 2 is 0.615 bits per heavy atom. The molecule has 2 unspecified atom stereocenters. The van der Waals surface area contributed by atoms with E-state index >= 15 is 0 Å². The number of aldehydes is 1. The second-order valence-electron chi connectivity index (χ2n) is 25.9. The van der Waals surface area contributed by atoms with Crippen LogP contribution >= 0.6 is 15.6 Å². The Hall–Kier alpha value is -3.08. The lowest BCUT2D eigenvalue weighted by molar-refractivity contribution is -0.161. The molecule has 0 aliphatic heterocycles. The summed E-state index contributed by atoms with van der Waals surface area (Å²) in [6.07, 6.45) is 69.6. The Balaban J connectivity index is 5.27. The molecule has 0 bridgehead atoms. The van der Waals surface area contributed by atoms with Crippen molar-refractivity contribution in [2.45, 2.75) is 360 Å². The summed E-state index contributed by atoms with van der Waals surface area (Å²) < 4.78 is 69.1. The van der Waals surface area contributed by atoms with Crippen LogP contribution in [0.15, 0.2) is 60.8 Å². The van der Waals surface area contributed by atoms with E-state index < -0.39 is 84.9 Å². The van der Waals surface area contributed by atoms with Crippen LogP contribution in [0.4, 0.5) is 0 Å². The summed E-state index contributed by atoms with van der Waals surface area (Å²) in [5.74, 6) is -1.56. The summed E-state index contributed by atoms with van der Waals surface area (Å²) >= 11 is 0. The molecule has 5 atom stereocenters. The van der Waals surface area contributed by atoms with E-state index in [-0.39, 0.29) is 25.9 Å². The summed E-state index contributed by atoms with van der Waals surface area (Å²) in [7, 11) is -9.83. The highest BCUT2D eigenvalue weighted by Gasteiger charge is 2.30. The second-order valence-corrected chi connectivity index (χ2v) is 28.8. The number of hydrogen-bond acceptors (Lipinski definition) is 15. The highest BCUT2D eigenvalue weighted by Crippen LogP contribution is 2.45. The van der Waals surface area contributed by atoms with Gasteiger partial charge in [0.1, 0.15) is 25.1 Å². The van der Waals surface area contributed by atoms with E-state index in [2.05, 4.69) is 81.5 Å². The molecule has 0 spiro atoms. The lowest BCUT2D eigenvalue weighted by Crippen LogP contribution is -2.30. The van der Waals surface area contributed by atoms with Crippen LogP contribution in [0.5, 0.6) is 0 Å². The van der Waals surface area contributed by atoms with Crippen molar-refractivity contribution in [3.05, 3.63) is 60.8 Å². The van der Waals surface area contributed by atoms with Crippen LogP contribution in [0.1, 0.15) is 342 Å². The zero-order valence-corrected chi connectivity index (χ0v) is 62.6. The number of aliphatic hydroxyl groups is 1. The van der Waals surface area contributed by atoms with Crippen molar-refractivity contribution < 1.29 is 80.2 Å². The number of ether oxygens (including phenoxy) is 4. The van der Waals surface area contributed by atoms with Gasteiger partial charge in [0.05, 0.1) is 33.0 Å². The van der Waals surface area contributed by atoms with Gasteiger partial charge in [0.25, 0.3) is 0 Å². The Morgan fingerprint density at radius 1 is 0.333 bits per heavy atom. The number of esters is 3. The first-order valence-corrected chi connectivity index (χ1v) is 41.5. The van der Waals surface area contributed by atoms with E-state index in [1.54, 1.807) is 0 Å². The van der Waals surface area contributed by atoms with Gasteiger partial charge in [-0.15, -0.1) is 0 Å². The average molecular weight is 1400 g/mol. The first-order chi connectivity index (χ1) is 46.8. The topological polar surface area (TPSA) is 237 Å². The van der Waals surface area contributed by atoms with E-state index in [1.807, 2.05) is 0 Å². The van der Waals surface area contributed by atoms with Crippen molar-refractivity contribution in [3.8, 4) is 0 Å². The first-order valence-electron chi connectivity index (χ1n) is 38.5. The lowest BCUT2D eigenvalue weighted by Gasteiger charge is -2.21. The molecule has 3 N–H and O–H groups in total. The molecule has 0 rings (SSSR count). The molecule has 0 aromatic carbocycles. The fraction of sp³-hybridized carbons (Fsp3) is 0.818. The molecule has 0 saturated carbocycles. The van der Waals surface area contributed by atoms with Gasteiger partial charge in [-0.2, -0.15) is 0 Å². The van der Waals surface area contributed by atoms with Crippen LogP contribution in [-0.2, 0) is 65.4 Å². The molecule has 0 radical (unpaired) electrons. The summed E-state index contributed by atoms with van der Waals surface area (Å²) in [5, 5.41) is 10.6. The monoisotopic (exact) mass is 1400 g/mol. The molecule has 0 aromatic heterocycles. The fourth-order valence-electron chi connectivity index (χ4n) is 10.6. The molecular weight excluding hydrogens is 1260 g/mol. The summed E-state index contributed by atoms with van der Waals surface area (Å²) in [4.78, 5) is 70.5. The van der Waals surface area contributed by atoms with Crippen LogP contribution in [0.2, 0.25) is 0 Å². The normalized spacial score (nSPS) is 14.3. The maximum atomic E-state index is 13.1. The quantitative estimate of drug-likeness (QED) is 0.0128. The molecule has 0 aliphatic carbocycles. The summed E-state index contributed by atoms with van der Waals surface area (Å²) in [5.41, 5.74) is 0. The summed E-state index contributed by atoms with van der Waals surface area (Å²) in [6.45, 7) is 3.60. The molecule has 0 amide bonds. The fourth-order valence-corrected chi connectivity index (χ4v) is 12.1. The third kappa shape index (κ3) is 70.8. The van der Waals surface area contributed by atoms with Crippen molar-refractivity contribution in [3.63, 3.8) is 0 Å². The molecule has 0 saturated heterocycles. The molecule has 560 valence electrons. The van der Waals surface area contributed by atoms with E-state index in [4.69, 9.17) is 37.0 Å². The minimum absolute atomic E-state index is 0.0865. The third-order valence-corrected chi connectivity index (χ3v) is 18.4. The maximum absolute atomic E-state index is 13.1. The third-order valence-electron chi connectivity index (χ3n) is 16.5. The van der Waals surface area contributed by atoms with Gasteiger partial charge in [0, 0.05) is 32.3 Å². The largest absolute Gasteiger partial charge is 0.472 e. The van der Waals surface area contributed by atoms with Gasteiger partial charge in [0.15, 0.2) is 6.10 Å². The highest BCUT2D eigenvalue weighted by atomic mass is 31.2. The number of hydrogen-bond donors (Lipinski definition) is 3. The van der Waals surface area contributed by atoms with Crippen molar-refractivity contribution >= 4 is 39.8 Å². The van der Waals surface area contributed by atoms with E-state index in [0.717, 1.165) is 192 Å².